The van der Waals surface area contributed by atoms with Crippen molar-refractivity contribution in [2.75, 3.05) is 0 Å². The molecule has 0 aliphatic heterocycles. The highest BCUT2D eigenvalue weighted by Crippen LogP contribution is 2.25. The van der Waals surface area contributed by atoms with E-state index in [0.717, 1.165) is 0 Å². The molecule has 2 aromatic carbocycles. The third-order valence-corrected chi connectivity index (χ3v) is 4.35. The summed E-state index contributed by atoms with van der Waals surface area (Å²) in [5.74, 6) is -0.106. The first kappa shape index (κ1) is 17.7. The molecule has 0 amide bonds. The quantitative estimate of drug-likeness (QED) is 0.526. The number of benzene rings is 2. The van der Waals surface area contributed by atoms with Gasteiger partial charge in [0.05, 0.1) is 5.56 Å². The monoisotopic (exact) mass is 374 g/mol. The van der Waals surface area contributed by atoms with E-state index in [-0.39, 0.29) is 11.1 Å². The molecule has 0 aliphatic rings. The maximum absolute atomic E-state index is 14.4. The molecule has 0 spiro atoms. The Hall–Kier alpha value is -3.67. The smallest absolute Gasteiger partial charge is 0.263 e. The van der Waals surface area contributed by atoms with Crippen LogP contribution >= 0.6 is 0 Å². The summed E-state index contributed by atoms with van der Waals surface area (Å²) in [5.41, 5.74) is 1.41. The van der Waals surface area contributed by atoms with Crippen molar-refractivity contribution >= 4 is 0 Å². The van der Waals surface area contributed by atoms with Crippen molar-refractivity contribution in [1.82, 2.24) is 14.5 Å². The van der Waals surface area contributed by atoms with Crippen LogP contribution in [0.15, 0.2) is 84.0 Å². The largest absolute Gasteiger partial charge is 0.283 e. The second-order valence-electron chi connectivity index (χ2n) is 6.17. The normalized spacial score (nSPS) is 10.8. The number of alkyl halides is 1. The Labute approximate surface area is 159 Å². The first-order valence-electron chi connectivity index (χ1n) is 8.61. The molecule has 0 aliphatic carbocycles. The summed E-state index contributed by atoms with van der Waals surface area (Å²) in [7, 11) is 0. The van der Waals surface area contributed by atoms with E-state index in [0.29, 0.717) is 22.6 Å². The highest BCUT2D eigenvalue weighted by atomic mass is 19.1. The summed E-state index contributed by atoms with van der Waals surface area (Å²) < 4.78 is 28.9. The Morgan fingerprint density at radius 1 is 0.893 bits per heavy atom. The van der Waals surface area contributed by atoms with Crippen LogP contribution in [0.2, 0.25) is 0 Å². The van der Waals surface area contributed by atoms with Crippen LogP contribution in [0.1, 0.15) is 5.56 Å². The van der Waals surface area contributed by atoms with Crippen LogP contribution in [-0.2, 0) is 6.67 Å². The third kappa shape index (κ3) is 3.32. The average Bonchev–Trinajstić information content (AvgIpc) is 2.75. The summed E-state index contributed by atoms with van der Waals surface area (Å²) >= 11 is 0. The zero-order valence-electron chi connectivity index (χ0n) is 14.7. The zero-order valence-corrected chi connectivity index (χ0v) is 14.7. The first-order valence-corrected chi connectivity index (χ1v) is 8.61. The second-order valence-corrected chi connectivity index (χ2v) is 6.17. The Morgan fingerprint density at radius 2 is 1.68 bits per heavy atom. The molecule has 28 heavy (non-hydrogen) atoms. The Kier molecular flexibility index (Phi) is 4.76. The van der Waals surface area contributed by atoms with E-state index in [4.69, 9.17) is 0 Å². The van der Waals surface area contributed by atoms with Gasteiger partial charge in [-0.1, -0.05) is 30.3 Å². The van der Waals surface area contributed by atoms with Crippen LogP contribution in [0.25, 0.3) is 28.2 Å². The van der Waals surface area contributed by atoms with Gasteiger partial charge in [0.1, 0.15) is 12.5 Å². The molecule has 0 radical (unpaired) electrons. The fourth-order valence-electron chi connectivity index (χ4n) is 3.01. The van der Waals surface area contributed by atoms with E-state index < -0.39 is 18.1 Å². The lowest BCUT2D eigenvalue weighted by molar-refractivity contribution is 0.485. The Morgan fingerprint density at radius 3 is 2.43 bits per heavy atom. The van der Waals surface area contributed by atoms with Gasteiger partial charge in [-0.25, -0.2) is 18.7 Å². The Balaban J connectivity index is 2.01. The topological polar surface area (TPSA) is 47.8 Å². The number of hydrogen-bond acceptors (Lipinski definition) is 3. The first-order chi connectivity index (χ1) is 13.7. The molecule has 0 N–H and O–H groups in total. The number of aromatic nitrogens is 3. The van der Waals surface area contributed by atoms with Crippen LogP contribution in [-0.4, -0.2) is 14.5 Å². The van der Waals surface area contributed by atoms with Crippen molar-refractivity contribution < 1.29 is 8.78 Å². The van der Waals surface area contributed by atoms with E-state index in [9.17, 15) is 13.6 Å². The molecule has 2 heterocycles. The SMILES string of the molecule is O=c1c(-c2ccccc2F)cc(-c2ncccn2)cn1-c1cccc(C[18F])c1. The molecule has 2 aromatic heterocycles. The van der Waals surface area contributed by atoms with Crippen molar-refractivity contribution in [2.24, 2.45) is 0 Å². The van der Waals surface area contributed by atoms with Gasteiger partial charge >= 0.3 is 0 Å². The molecule has 4 nitrogen and oxygen atoms in total. The predicted molar refractivity (Wildman–Crippen MR) is 103 cm³/mol. The molecule has 0 saturated heterocycles. The van der Waals surface area contributed by atoms with Gasteiger partial charge in [0.15, 0.2) is 5.82 Å². The van der Waals surface area contributed by atoms with E-state index in [1.54, 1.807) is 73.2 Å². The number of nitrogens with zero attached hydrogens (tertiary/aromatic N) is 3. The maximum atomic E-state index is 14.4. The van der Waals surface area contributed by atoms with Crippen LogP contribution < -0.4 is 5.56 Å². The zero-order chi connectivity index (χ0) is 19.5. The van der Waals surface area contributed by atoms with Crippen LogP contribution in [0, 0.1) is 5.82 Å². The van der Waals surface area contributed by atoms with Gasteiger partial charge in [0.2, 0.25) is 0 Å². The summed E-state index contributed by atoms with van der Waals surface area (Å²) in [6.45, 7) is -0.649. The lowest BCUT2D eigenvalue weighted by Crippen LogP contribution is -2.20. The number of pyridine rings is 1. The second kappa shape index (κ2) is 7.52. The molecule has 0 saturated carbocycles. The molecular weight excluding hydrogens is 359 g/mol. The fraction of sp³-hybridized carbons (Fsp3) is 0.0455. The lowest BCUT2D eigenvalue weighted by Gasteiger charge is -2.13. The molecule has 0 unspecified atom stereocenters. The van der Waals surface area contributed by atoms with Crippen molar-refractivity contribution in [3.63, 3.8) is 0 Å². The van der Waals surface area contributed by atoms with Gasteiger partial charge in [0, 0.05) is 35.4 Å². The van der Waals surface area contributed by atoms with Gasteiger partial charge in [-0.15, -0.1) is 0 Å². The van der Waals surface area contributed by atoms with Crippen LogP contribution in [0.4, 0.5) is 8.78 Å². The van der Waals surface area contributed by atoms with E-state index in [1.165, 1.54) is 10.6 Å². The minimum absolute atomic E-state index is 0.175. The van der Waals surface area contributed by atoms with Crippen molar-refractivity contribution in [2.45, 2.75) is 6.67 Å². The summed E-state index contributed by atoms with van der Waals surface area (Å²) in [6, 6.07) is 15.9. The maximum Gasteiger partial charge on any atom is 0.263 e. The third-order valence-electron chi connectivity index (χ3n) is 4.35. The van der Waals surface area contributed by atoms with Crippen LogP contribution in [0.3, 0.4) is 0 Å². The van der Waals surface area contributed by atoms with Gasteiger partial charge < -0.3 is 0 Å². The molecule has 6 heteroatoms. The number of hydrogen-bond donors (Lipinski definition) is 0. The van der Waals surface area contributed by atoms with Crippen molar-refractivity contribution in [1.29, 1.82) is 0 Å². The summed E-state index contributed by atoms with van der Waals surface area (Å²) in [5, 5.41) is 0. The number of halogens is 2. The number of rotatable bonds is 4. The van der Waals surface area contributed by atoms with E-state index >= 15 is 0 Å². The van der Waals surface area contributed by atoms with Gasteiger partial charge in [-0.05, 0) is 35.9 Å². The minimum atomic E-state index is -0.649. The summed E-state index contributed by atoms with van der Waals surface area (Å²) in [6.07, 6.45) is 4.76. The molecule has 0 atom stereocenters. The average molecular weight is 374 g/mol. The predicted octanol–water partition coefficient (Wildman–Crippen LogP) is 4.57. The van der Waals surface area contributed by atoms with Gasteiger partial charge in [-0.3, -0.25) is 9.36 Å². The molecule has 0 bridgehead atoms. The van der Waals surface area contributed by atoms with E-state index in [2.05, 4.69) is 9.97 Å². The van der Waals surface area contributed by atoms with Crippen molar-refractivity contribution in [3.05, 3.63) is 101 Å². The minimum Gasteiger partial charge on any atom is -0.283 e. The molecule has 138 valence electrons. The standard InChI is InChI=1S/C22H15F2N3O/c23-13-15-5-3-6-17(11-15)27-14-16(21-25-9-4-10-26-21)12-19(22(27)28)18-7-1-2-8-20(18)24/h1-12,14H,13H2/i23-1. The lowest BCUT2D eigenvalue weighted by atomic mass is 10.0. The molecule has 4 rings (SSSR count). The summed E-state index contributed by atoms with van der Waals surface area (Å²) in [4.78, 5) is 21.6. The molecular formula is C22H15F2N3O. The van der Waals surface area contributed by atoms with Crippen molar-refractivity contribution in [3.8, 4) is 28.2 Å². The van der Waals surface area contributed by atoms with Gasteiger partial charge in [-0.2, -0.15) is 0 Å². The Bertz CT molecular complexity index is 1190. The molecule has 4 aromatic rings. The highest BCUT2D eigenvalue weighted by molar-refractivity contribution is 5.70. The van der Waals surface area contributed by atoms with Gasteiger partial charge in [0.25, 0.3) is 5.56 Å². The van der Waals surface area contributed by atoms with E-state index in [1.807, 2.05) is 0 Å². The fourth-order valence-corrected chi connectivity index (χ4v) is 3.01. The van der Waals surface area contributed by atoms with Crippen LogP contribution in [0.5, 0.6) is 0 Å². The molecule has 0 fully saturated rings. The highest BCUT2D eigenvalue weighted by Gasteiger charge is 2.15.